The molecule has 3 aromatic rings. The first-order valence-electron chi connectivity index (χ1n) is 8.78. The van der Waals surface area contributed by atoms with E-state index in [2.05, 4.69) is 15.3 Å². The molecule has 0 fully saturated rings. The summed E-state index contributed by atoms with van der Waals surface area (Å²) in [5.41, 5.74) is 0.671. The third-order valence-corrected chi connectivity index (χ3v) is 6.55. The van der Waals surface area contributed by atoms with E-state index in [0.29, 0.717) is 17.1 Å². The average molecular weight is 411 g/mol. The third-order valence-electron chi connectivity index (χ3n) is 4.45. The maximum Gasteiger partial charge on any atom is 0.269 e. The van der Waals surface area contributed by atoms with Crippen molar-refractivity contribution >= 4 is 15.7 Å². The number of aromatic nitrogens is 2. The fourth-order valence-corrected chi connectivity index (χ4v) is 4.62. The molecule has 3 heterocycles. The second-order valence-electron chi connectivity index (χ2n) is 6.26. The second-order valence-corrected chi connectivity index (χ2v) is 8.39. The molecule has 1 aliphatic heterocycles. The summed E-state index contributed by atoms with van der Waals surface area (Å²) in [5, 5.41) is 1.62. The number of carbonyl (C=O) groups is 1. The Labute approximate surface area is 167 Å². The lowest BCUT2D eigenvalue weighted by Crippen LogP contribution is -2.32. The number of amides is 1. The van der Waals surface area contributed by atoms with E-state index in [1.165, 1.54) is 24.5 Å². The number of pyridine rings is 2. The smallest absolute Gasteiger partial charge is 0.269 e. The molecule has 0 saturated carbocycles. The van der Waals surface area contributed by atoms with E-state index in [1.807, 2.05) is 0 Å². The standard InChI is InChI=1S/C20H17N3O5S/c24-20(16-5-1-2-9-22-16)23-12-19(14-4-3-8-21-11-14)29(25,26)15-6-7-17-18(10-15)28-13-27-17/h1-11,19H,12-13H2,(H,23,24)/t19-/m1/s1. The predicted molar refractivity (Wildman–Crippen MR) is 103 cm³/mol. The molecule has 9 heteroatoms. The van der Waals surface area contributed by atoms with Gasteiger partial charge in [0.25, 0.3) is 5.91 Å². The largest absolute Gasteiger partial charge is 0.454 e. The zero-order valence-electron chi connectivity index (χ0n) is 15.2. The third kappa shape index (κ3) is 3.90. The summed E-state index contributed by atoms with van der Waals surface area (Å²) >= 11 is 0. The van der Waals surface area contributed by atoms with E-state index in [1.54, 1.807) is 42.6 Å². The van der Waals surface area contributed by atoms with E-state index < -0.39 is 21.0 Å². The summed E-state index contributed by atoms with van der Waals surface area (Å²) < 4.78 is 37.3. The van der Waals surface area contributed by atoms with Crippen molar-refractivity contribution in [3.8, 4) is 11.5 Å². The van der Waals surface area contributed by atoms with Gasteiger partial charge in [0.15, 0.2) is 21.3 Å². The van der Waals surface area contributed by atoms with Gasteiger partial charge in [0.2, 0.25) is 6.79 Å². The number of hydrogen-bond acceptors (Lipinski definition) is 7. The molecule has 1 atom stereocenters. The first-order chi connectivity index (χ1) is 14.1. The monoisotopic (exact) mass is 411 g/mol. The number of nitrogens with zero attached hydrogens (tertiary/aromatic N) is 2. The second kappa shape index (κ2) is 7.88. The molecule has 1 amide bonds. The lowest BCUT2D eigenvalue weighted by molar-refractivity contribution is 0.0948. The van der Waals surface area contributed by atoms with E-state index in [-0.39, 0.29) is 23.9 Å². The molecule has 0 spiro atoms. The molecule has 0 unspecified atom stereocenters. The van der Waals surface area contributed by atoms with Crippen molar-refractivity contribution in [1.82, 2.24) is 15.3 Å². The van der Waals surface area contributed by atoms with Gasteiger partial charge in [-0.1, -0.05) is 12.1 Å². The number of hydrogen-bond donors (Lipinski definition) is 1. The Morgan fingerprint density at radius 2 is 1.93 bits per heavy atom. The van der Waals surface area contributed by atoms with Gasteiger partial charge in [0.05, 0.1) is 4.90 Å². The molecule has 1 aromatic carbocycles. The van der Waals surface area contributed by atoms with Crippen LogP contribution in [-0.2, 0) is 9.84 Å². The topological polar surface area (TPSA) is 107 Å². The number of ether oxygens (including phenoxy) is 2. The number of rotatable bonds is 6. The molecule has 1 aliphatic rings. The number of nitrogens with one attached hydrogen (secondary N) is 1. The molecular weight excluding hydrogens is 394 g/mol. The van der Waals surface area contributed by atoms with Gasteiger partial charge < -0.3 is 14.8 Å². The summed E-state index contributed by atoms with van der Waals surface area (Å²) in [5.74, 6) is 0.402. The average Bonchev–Trinajstić information content (AvgIpc) is 3.23. The highest BCUT2D eigenvalue weighted by Gasteiger charge is 2.31. The van der Waals surface area contributed by atoms with Crippen LogP contribution in [0.5, 0.6) is 11.5 Å². The normalized spacial score (nSPS) is 13.7. The Kier molecular flexibility index (Phi) is 5.13. The van der Waals surface area contributed by atoms with E-state index in [4.69, 9.17) is 9.47 Å². The zero-order valence-corrected chi connectivity index (χ0v) is 16.0. The van der Waals surface area contributed by atoms with Crippen LogP contribution in [0.2, 0.25) is 0 Å². The quantitative estimate of drug-likeness (QED) is 0.662. The highest BCUT2D eigenvalue weighted by molar-refractivity contribution is 7.91. The maximum atomic E-state index is 13.4. The van der Waals surface area contributed by atoms with E-state index in [0.717, 1.165) is 0 Å². The molecule has 0 saturated heterocycles. The molecule has 0 bridgehead atoms. The van der Waals surface area contributed by atoms with Crippen molar-refractivity contribution < 1.29 is 22.7 Å². The number of benzene rings is 1. The number of fused-ring (bicyclic) bond motifs is 1. The zero-order chi connectivity index (χ0) is 20.3. The van der Waals surface area contributed by atoms with Crippen molar-refractivity contribution in [1.29, 1.82) is 0 Å². The van der Waals surface area contributed by atoms with E-state index >= 15 is 0 Å². The maximum absolute atomic E-state index is 13.4. The molecule has 0 aliphatic carbocycles. The molecule has 1 N–H and O–H groups in total. The first kappa shape index (κ1) is 18.9. The molecular formula is C20H17N3O5S. The van der Waals surface area contributed by atoms with Crippen molar-refractivity contribution in [3.05, 3.63) is 78.4 Å². The van der Waals surface area contributed by atoms with Crippen LogP contribution >= 0.6 is 0 Å². The Morgan fingerprint density at radius 1 is 1.07 bits per heavy atom. The van der Waals surface area contributed by atoms with Crippen molar-refractivity contribution in [2.24, 2.45) is 0 Å². The van der Waals surface area contributed by atoms with Crippen LogP contribution in [0.1, 0.15) is 21.3 Å². The van der Waals surface area contributed by atoms with Crippen molar-refractivity contribution in [2.75, 3.05) is 13.3 Å². The summed E-state index contributed by atoms with van der Waals surface area (Å²) in [6.07, 6.45) is 4.53. The minimum atomic E-state index is -3.86. The van der Waals surface area contributed by atoms with Gasteiger partial charge >= 0.3 is 0 Å². The van der Waals surface area contributed by atoms with Crippen molar-refractivity contribution in [2.45, 2.75) is 10.1 Å². The fourth-order valence-electron chi connectivity index (χ4n) is 2.96. The molecule has 29 heavy (non-hydrogen) atoms. The Bertz CT molecular complexity index is 1120. The minimum absolute atomic E-state index is 0.0466. The van der Waals surface area contributed by atoms with Gasteiger partial charge in [0.1, 0.15) is 10.9 Å². The van der Waals surface area contributed by atoms with Crippen LogP contribution in [0.25, 0.3) is 0 Å². The predicted octanol–water partition coefficient (Wildman–Crippen LogP) is 2.15. The Morgan fingerprint density at radius 3 is 2.69 bits per heavy atom. The fraction of sp³-hybridized carbons (Fsp3) is 0.150. The summed E-state index contributed by atoms with van der Waals surface area (Å²) in [7, 11) is -3.86. The summed E-state index contributed by atoms with van der Waals surface area (Å²) in [6.45, 7) is -0.0944. The highest BCUT2D eigenvalue weighted by Crippen LogP contribution is 2.37. The van der Waals surface area contributed by atoms with Gasteiger partial charge in [0, 0.05) is 31.2 Å². The Hall–Kier alpha value is -3.46. The van der Waals surface area contributed by atoms with E-state index in [9.17, 15) is 13.2 Å². The van der Waals surface area contributed by atoms with Gasteiger partial charge in [-0.2, -0.15) is 0 Å². The minimum Gasteiger partial charge on any atom is -0.454 e. The molecule has 8 nitrogen and oxygen atoms in total. The summed E-state index contributed by atoms with van der Waals surface area (Å²) in [4.78, 5) is 20.5. The first-order valence-corrected chi connectivity index (χ1v) is 10.3. The van der Waals surface area contributed by atoms with Crippen LogP contribution < -0.4 is 14.8 Å². The van der Waals surface area contributed by atoms with Crippen molar-refractivity contribution in [3.63, 3.8) is 0 Å². The summed E-state index contributed by atoms with van der Waals surface area (Å²) in [6, 6.07) is 12.7. The van der Waals surface area contributed by atoms with Crippen LogP contribution in [0.15, 0.2) is 72.0 Å². The molecule has 4 rings (SSSR count). The van der Waals surface area contributed by atoms with Crippen LogP contribution in [-0.4, -0.2) is 37.6 Å². The lowest BCUT2D eigenvalue weighted by atomic mass is 10.2. The Balaban J connectivity index is 1.64. The molecule has 148 valence electrons. The highest BCUT2D eigenvalue weighted by atomic mass is 32.2. The van der Waals surface area contributed by atoms with Gasteiger partial charge in [-0.25, -0.2) is 8.42 Å². The number of carbonyl (C=O) groups excluding carboxylic acids is 1. The van der Waals surface area contributed by atoms with Crippen LogP contribution in [0.3, 0.4) is 0 Å². The lowest BCUT2D eigenvalue weighted by Gasteiger charge is -2.19. The van der Waals surface area contributed by atoms with Crippen LogP contribution in [0.4, 0.5) is 0 Å². The molecule has 0 radical (unpaired) electrons. The van der Waals surface area contributed by atoms with Gasteiger partial charge in [-0.05, 0) is 35.9 Å². The SMILES string of the molecule is O=C(NC[C@H](c1cccnc1)S(=O)(=O)c1ccc2c(c1)OCO2)c1ccccn1. The number of sulfone groups is 1. The van der Waals surface area contributed by atoms with Gasteiger partial charge in [-0.15, -0.1) is 0 Å². The van der Waals surface area contributed by atoms with Crippen LogP contribution in [0, 0.1) is 0 Å². The molecule has 2 aromatic heterocycles. The van der Waals surface area contributed by atoms with Gasteiger partial charge in [-0.3, -0.25) is 14.8 Å².